The lowest BCUT2D eigenvalue weighted by Crippen LogP contribution is -2.13. The van der Waals surface area contributed by atoms with Gasteiger partial charge in [0.25, 0.3) is 0 Å². The van der Waals surface area contributed by atoms with Crippen LogP contribution < -0.4 is 0 Å². The molecule has 4 heteroatoms. The fourth-order valence-electron chi connectivity index (χ4n) is 1.85. The monoisotopic (exact) mass is 254 g/mol. The van der Waals surface area contributed by atoms with Crippen LogP contribution in [0.4, 0.5) is 4.39 Å². The van der Waals surface area contributed by atoms with Gasteiger partial charge in [-0.1, -0.05) is 6.07 Å². The van der Waals surface area contributed by atoms with E-state index in [0.29, 0.717) is 11.3 Å². The zero-order chi connectivity index (χ0) is 13.8. The van der Waals surface area contributed by atoms with Crippen LogP contribution in [0.1, 0.15) is 27.5 Å². The van der Waals surface area contributed by atoms with Crippen molar-refractivity contribution in [3.63, 3.8) is 0 Å². The highest BCUT2D eigenvalue weighted by Crippen LogP contribution is 2.20. The highest BCUT2D eigenvalue weighted by molar-refractivity contribution is 6.02. The van der Waals surface area contributed by atoms with Gasteiger partial charge < -0.3 is 0 Å². The molecular weight excluding hydrogens is 243 g/mol. The van der Waals surface area contributed by atoms with Gasteiger partial charge in [-0.3, -0.25) is 9.78 Å². The molecule has 1 aromatic carbocycles. The van der Waals surface area contributed by atoms with Crippen LogP contribution in [0.5, 0.6) is 0 Å². The molecule has 0 saturated heterocycles. The largest absolute Gasteiger partial charge is 0.292 e. The number of benzene rings is 1. The smallest absolute Gasteiger partial charge is 0.186 e. The summed E-state index contributed by atoms with van der Waals surface area (Å²) in [6, 6.07) is 11.0. The number of halogens is 1. The predicted octanol–water partition coefficient (Wildman–Crippen LogP) is 3.02. The van der Waals surface area contributed by atoms with Crippen molar-refractivity contribution in [2.45, 2.75) is 12.8 Å². The summed E-state index contributed by atoms with van der Waals surface area (Å²) < 4.78 is 13.3. The standard InChI is InChI=1S/C15H11FN2O/c1-10-6-11(8-12(16)7-10)15(19)13(9-17)14-4-2-3-5-18-14/h2-8,13H,1H3. The Morgan fingerprint density at radius 3 is 2.74 bits per heavy atom. The third-order valence-electron chi connectivity index (χ3n) is 2.70. The highest BCUT2D eigenvalue weighted by atomic mass is 19.1. The molecule has 2 aromatic rings. The Labute approximate surface area is 110 Å². The number of nitriles is 1. The molecule has 1 heterocycles. The Kier molecular flexibility index (Phi) is 3.67. The van der Waals surface area contributed by atoms with Crippen LogP contribution in [-0.2, 0) is 0 Å². The summed E-state index contributed by atoms with van der Waals surface area (Å²) in [6.45, 7) is 1.70. The summed E-state index contributed by atoms with van der Waals surface area (Å²) in [6.07, 6.45) is 1.52. The minimum atomic E-state index is -1.01. The number of pyridine rings is 1. The van der Waals surface area contributed by atoms with Crippen molar-refractivity contribution in [1.82, 2.24) is 4.98 Å². The summed E-state index contributed by atoms with van der Waals surface area (Å²) in [5.74, 6) is -1.94. The topological polar surface area (TPSA) is 53.8 Å². The molecule has 0 aliphatic carbocycles. The van der Waals surface area contributed by atoms with Gasteiger partial charge in [-0.25, -0.2) is 4.39 Å². The van der Waals surface area contributed by atoms with E-state index < -0.39 is 17.5 Å². The molecule has 0 spiro atoms. The molecule has 0 bridgehead atoms. The van der Waals surface area contributed by atoms with Crippen LogP contribution in [0.2, 0.25) is 0 Å². The van der Waals surface area contributed by atoms with E-state index in [9.17, 15) is 9.18 Å². The number of rotatable bonds is 3. The van der Waals surface area contributed by atoms with Crippen LogP contribution >= 0.6 is 0 Å². The molecule has 0 aliphatic rings. The molecule has 1 aromatic heterocycles. The molecule has 0 amide bonds. The number of carbonyl (C=O) groups excluding carboxylic acids is 1. The third kappa shape index (κ3) is 2.83. The first kappa shape index (κ1) is 12.9. The van der Waals surface area contributed by atoms with Crippen molar-refractivity contribution >= 4 is 5.78 Å². The van der Waals surface area contributed by atoms with Gasteiger partial charge >= 0.3 is 0 Å². The van der Waals surface area contributed by atoms with Crippen molar-refractivity contribution < 1.29 is 9.18 Å². The lowest BCUT2D eigenvalue weighted by Gasteiger charge is -2.08. The van der Waals surface area contributed by atoms with E-state index in [4.69, 9.17) is 5.26 Å². The van der Waals surface area contributed by atoms with Gasteiger partial charge in [-0.2, -0.15) is 5.26 Å². The quantitative estimate of drug-likeness (QED) is 0.791. The normalized spacial score (nSPS) is 11.6. The summed E-state index contributed by atoms with van der Waals surface area (Å²) in [5.41, 5.74) is 1.20. The minimum absolute atomic E-state index is 0.190. The van der Waals surface area contributed by atoms with Gasteiger partial charge in [0, 0.05) is 11.8 Å². The molecular formula is C15H11FN2O. The number of hydrogen-bond acceptors (Lipinski definition) is 3. The lowest BCUT2D eigenvalue weighted by molar-refractivity contribution is 0.0977. The molecule has 0 N–H and O–H groups in total. The first-order valence-corrected chi connectivity index (χ1v) is 5.74. The fraction of sp³-hybridized carbons (Fsp3) is 0.133. The highest BCUT2D eigenvalue weighted by Gasteiger charge is 2.23. The van der Waals surface area contributed by atoms with E-state index in [2.05, 4.69) is 4.98 Å². The molecule has 0 saturated carbocycles. The summed E-state index contributed by atoms with van der Waals surface area (Å²) in [5, 5.41) is 9.15. The van der Waals surface area contributed by atoms with Crippen molar-refractivity contribution in [2.75, 3.05) is 0 Å². The van der Waals surface area contributed by atoms with Crippen LogP contribution in [0, 0.1) is 24.1 Å². The van der Waals surface area contributed by atoms with Gasteiger partial charge in [0.2, 0.25) is 0 Å². The zero-order valence-corrected chi connectivity index (χ0v) is 10.3. The van der Waals surface area contributed by atoms with Crippen molar-refractivity contribution in [3.05, 3.63) is 65.2 Å². The number of Topliss-reactive ketones (excluding diaryl/α,β-unsaturated/α-hetero) is 1. The maximum Gasteiger partial charge on any atom is 0.186 e. The summed E-state index contributed by atoms with van der Waals surface area (Å²) >= 11 is 0. The van der Waals surface area contributed by atoms with E-state index in [0.717, 1.165) is 6.07 Å². The van der Waals surface area contributed by atoms with Crippen LogP contribution in [0.25, 0.3) is 0 Å². The lowest BCUT2D eigenvalue weighted by atomic mass is 9.94. The fourth-order valence-corrected chi connectivity index (χ4v) is 1.85. The number of carbonyl (C=O) groups is 1. The van der Waals surface area contributed by atoms with E-state index in [-0.39, 0.29) is 5.56 Å². The average Bonchev–Trinajstić information content (AvgIpc) is 2.39. The van der Waals surface area contributed by atoms with E-state index in [1.165, 1.54) is 12.3 Å². The third-order valence-corrected chi connectivity index (χ3v) is 2.70. The Morgan fingerprint density at radius 2 is 2.16 bits per heavy atom. The van der Waals surface area contributed by atoms with E-state index >= 15 is 0 Å². The second kappa shape index (κ2) is 5.40. The molecule has 0 fully saturated rings. The number of ketones is 1. The second-order valence-electron chi connectivity index (χ2n) is 4.20. The second-order valence-corrected chi connectivity index (χ2v) is 4.20. The Balaban J connectivity index is 2.40. The Morgan fingerprint density at radius 1 is 1.37 bits per heavy atom. The predicted molar refractivity (Wildman–Crippen MR) is 68.1 cm³/mol. The van der Waals surface area contributed by atoms with E-state index in [1.807, 2.05) is 6.07 Å². The Bertz CT molecular complexity index is 627. The number of nitrogens with zero attached hydrogens (tertiary/aromatic N) is 2. The molecule has 19 heavy (non-hydrogen) atoms. The number of hydrogen-bond donors (Lipinski definition) is 0. The molecule has 1 unspecified atom stereocenters. The molecule has 0 aliphatic heterocycles. The first-order chi connectivity index (χ1) is 9.11. The number of aromatic nitrogens is 1. The molecule has 3 nitrogen and oxygen atoms in total. The van der Waals surface area contributed by atoms with Gasteiger partial charge in [0.05, 0.1) is 11.8 Å². The first-order valence-electron chi connectivity index (χ1n) is 5.74. The molecule has 94 valence electrons. The van der Waals surface area contributed by atoms with Gasteiger partial charge in [0.1, 0.15) is 5.82 Å². The summed E-state index contributed by atoms with van der Waals surface area (Å²) in [7, 11) is 0. The minimum Gasteiger partial charge on any atom is -0.292 e. The van der Waals surface area contributed by atoms with Crippen LogP contribution in [0.15, 0.2) is 42.6 Å². The van der Waals surface area contributed by atoms with Crippen molar-refractivity contribution in [2.24, 2.45) is 0 Å². The van der Waals surface area contributed by atoms with Crippen molar-refractivity contribution in [1.29, 1.82) is 5.26 Å². The number of aryl methyl sites for hydroxylation is 1. The van der Waals surface area contributed by atoms with Gasteiger partial charge in [-0.05, 0) is 42.8 Å². The molecule has 1 atom stereocenters. The van der Waals surface area contributed by atoms with Gasteiger partial charge in [-0.15, -0.1) is 0 Å². The SMILES string of the molecule is Cc1cc(F)cc(C(=O)C(C#N)c2ccccn2)c1. The molecule has 0 radical (unpaired) electrons. The van der Waals surface area contributed by atoms with Gasteiger partial charge in [0.15, 0.2) is 11.7 Å². The average molecular weight is 254 g/mol. The molecule has 2 rings (SSSR count). The Hall–Kier alpha value is -2.54. The maximum absolute atomic E-state index is 13.3. The van der Waals surface area contributed by atoms with E-state index in [1.54, 1.807) is 31.2 Å². The maximum atomic E-state index is 13.3. The zero-order valence-electron chi connectivity index (χ0n) is 10.3. The van der Waals surface area contributed by atoms with Crippen LogP contribution in [0.3, 0.4) is 0 Å². The van der Waals surface area contributed by atoms with Crippen LogP contribution in [-0.4, -0.2) is 10.8 Å². The van der Waals surface area contributed by atoms with Crippen molar-refractivity contribution in [3.8, 4) is 6.07 Å². The summed E-state index contributed by atoms with van der Waals surface area (Å²) in [4.78, 5) is 16.3.